The van der Waals surface area contributed by atoms with E-state index in [9.17, 15) is 4.79 Å². The quantitative estimate of drug-likeness (QED) is 0.345. The number of esters is 1. The van der Waals surface area contributed by atoms with Gasteiger partial charge < -0.3 is 14.3 Å². The lowest BCUT2D eigenvalue weighted by molar-refractivity contribution is -0.132. The summed E-state index contributed by atoms with van der Waals surface area (Å²) in [5, 5.41) is 4.14. The molecular formula is C19H16Cl3NO4. The number of halogens is 3. The predicted octanol–water partition coefficient (Wildman–Crippen LogP) is 5.22. The van der Waals surface area contributed by atoms with Crippen molar-refractivity contribution in [3.05, 3.63) is 68.7 Å². The molecule has 142 valence electrons. The highest BCUT2D eigenvalue weighted by Crippen LogP contribution is 2.31. The van der Waals surface area contributed by atoms with Gasteiger partial charge in [0.15, 0.2) is 5.71 Å². The molecule has 0 atom stereocenters. The molecule has 0 aliphatic carbocycles. The van der Waals surface area contributed by atoms with Gasteiger partial charge in [-0.05, 0) is 23.3 Å². The predicted molar refractivity (Wildman–Crippen MR) is 107 cm³/mol. The molecule has 0 amide bonds. The average molecular weight is 429 g/mol. The van der Waals surface area contributed by atoms with Crippen molar-refractivity contribution >= 4 is 52.6 Å². The molecule has 2 aromatic carbocycles. The van der Waals surface area contributed by atoms with E-state index >= 15 is 0 Å². The number of ether oxygens (including phenoxy) is 2. The van der Waals surface area contributed by atoms with E-state index in [1.807, 2.05) is 6.07 Å². The number of rotatable bonds is 7. The largest absolute Gasteiger partial charge is 0.487 e. The zero-order valence-electron chi connectivity index (χ0n) is 14.5. The van der Waals surface area contributed by atoms with Gasteiger partial charge in [0.1, 0.15) is 24.0 Å². The minimum Gasteiger partial charge on any atom is -0.487 e. The summed E-state index contributed by atoms with van der Waals surface area (Å²) in [5.41, 5.74) is 1.89. The summed E-state index contributed by atoms with van der Waals surface area (Å²) in [5.74, 6) is -0.177. The van der Waals surface area contributed by atoms with E-state index in [1.165, 1.54) is 20.3 Å². The van der Waals surface area contributed by atoms with Gasteiger partial charge in [-0.1, -0.05) is 76.4 Å². The Bertz CT molecular complexity index is 877. The number of hydrogen-bond donors (Lipinski definition) is 0. The summed E-state index contributed by atoms with van der Waals surface area (Å²) in [6.07, 6.45) is 1.52. The Morgan fingerprint density at radius 1 is 1.11 bits per heavy atom. The molecule has 0 bridgehead atoms. The van der Waals surface area contributed by atoms with Crippen LogP contribution in [0.3, 0.4) is 0 Å². The van der Waals surface area contributed by atoms with Crippen LogP contribution in [0.5, 0.6) is 5.75 Å². The van der Waals surface area contributed by atoms with Gasteiger partial charge >= 0.3 is 5.97 Å². The monoisotopic (exact) mass is 427 g/mol. The van der Waals surface area contributed by atoms with Gasteiger partial charge in [-0.15, -0.1) is 0 Å². The maximum atomic E-state index is 12.0. The molecule has 0 aromatic heterocycles. The topological polar surface area (TPSA) is 57.1 Å². The number of carbonyl (C=O) groups is 1. The molecule has 2 aromatic rings. The van der Waals surface area contributed by atoms with Crippen LogP contribution in [0.25, 0.3) is 6.08 Å². The molecule has 0 N–H and O–H groups in total. The smallest absolute Gasteiger partial charge is 0.360 e. The molecule has 0 radical (unpaired) electrons. The van der Waals surface area contributed by atoms with Crippen LogP contribution >= 0.6 is 34.8 Å². The third-order valence-corrected chi connectivity index (χ3v) is 4.10. The molecule has 8 heteroatoms. The second kappa shape index (κ2) is 10.2. The summed E-state index contributed by atoms with van der Waals surface area (Å²) in [6, 6.07) is 12.4. The Hall–Kier alpha value is -2.21. The SMILES string of the molecule is CO/N=C(/C(=O)OC)c1ccccc1COc1cccc(C=C(Cl)Cl)c1Cl. The highest BCUT2D eigenvalue weighted by molar-refractivity contribution is 6.57. The molecule has 0 heterocycles. The Morgan fingerprint density at radius 3 is 2.52 bits per heavy atom. The summed E-state index contributed by atoms with van der Waals surface area (Å²) >= 11 is 17.7. The summed E-state index contributed by atoms with van der Waals surface area (Å²) in [4.78, 5) is 16.8. The van der Waals surface area contributed by atoms with E-state index < -0.39 is 5.97 Å². The van der Waals surface area contributed by atoms with Crippen LogP contribution in [0.2, 0.25) is 5.02 Å². The third kappa shape index (κ3) is 5.63. The number of nitrogens with zero attached hydrogens (tertiary/aromatic N) is 1. The van der Waals surface area contributed by atoms with Crippen molar-refractivity contribution in [1.29, 1.82) is 0 Å². The average Bonchev–Trinajstić information content (AvgIpc) is 2.66. The lowest BCUT2D eigenvalue weighted by Crippen LogP contribution is -2.19. The van der Waals surface area contributed by atoms with Gasteiger partial charge in [0.05, 0.1) is 12.1 Å². The molecule has 0 fully saturated rings. The minimum absolute atomic E-state index is 0.0379. The molecular weight excluding hydrogens is 413 g/mol. The van der Waals surface area contributed by atoms with E-state index in [0.717, 1.165) is 0 Å². The Balaban J connectivity index is 2.32. The standard InChI is InChI=1S/C19H16Cl3NO4/c1-25-19(24)18(23-26-2)14-8-4-3-6-13(14)11-27-15-9-5-7-12(17(15)22)10-16(20)21/h3-10H,11H2,1-2H3/b23-18+. The first-order valence-electron chi connectivity index (χ1n) is 7.69. The van der Waals surface area contributed by atoms with E-state index in [2.05, 4.69) is 5.16 Å². The fourth-order valence-electron chi connectivity index (χ4n) is 2.29. The fraction of sp³-hybridized carbons (Fsp3) is 0.158. The fourth-order valence-corrected chi connectivity index (χ4v) is 2.76. The van der Waals surface area contributed by atoms with Crippen molar-refractivity contribution in [3.63, 3.8) is 0 Å². The van der Waals surface area contributed by atoms with Crippen LogP contribution in [0.1, 0.15) is 16.7 Å². The van der Waals surface area contributed by atoms with Crippen molar-refractivity contribution in [1.82, 2.24) is 0 Å². The van der Waals surface area contributed by atoms with Crippen molar-refractivity contribution in [2.24, 2.45) is 5.16 Å². The van der Waals surface area contributed by atoms with Crippen LogP contribution in [0, 0.1) is 0 Å². The molecule has 5 nitrogen and oxygen atoms in total. The number of hydrogen-bond acceptors (Lipinski definition) is 5. The van der Waals surface area contributed by atoms with Crippen molar-refractivity contribution in [2.45, 2.75) is 6.61 Å². The van der Waals surface area contributed by atoms with Crippen molar-refractivity contribution in [3.8, 4) is 5.75 Å². The zero-order valence-corrected chi connectivity index (χ0v) is 16.8. The molecule has 0 spiro atoms. The second-order valence-electron chi connectivity index (χ2n) is 5.15. The first kappa shape index (κ1) is 21.1. The van der Waals surface area contributed by atoms with Crippen molar-refractivity contribution in [2.75, 3.05) is 14.2 Å². The normalized spacial score (nSPS) is 10.9. The third-order valence-electron chi connectivity index (χ3n) is 3.47. The maximum Gasteiger partial charge on any atom is 0.360 e. The van der Waals surface area contributed by atoms with Crippen LogP contribution in [-0.4, -0.2) is 25.9 Å². The van der Waals surface area contributed by atoms with Gasteiger partial charge in [-0.3, -0.25) is 0 Å². The van der Waals surface area contributed by atoms with Gasteiger partial charge in [0.2, 0.25) is 0 Å². The number of oxime groups is 1. The number of carbonyl (C=O) groups excluding carboxylic acids is 1. The Morgan fingerprint density at radius 2 is 1.85 bits per heavy atom. The molecule has 2 rings (SSSR count). The van der Waals surface area contributed by atoms with E-state index in [1.54, 1.807) is 36.4 Å². The number of benzene rings is 2. The minimum atomic E-state index is -0.619. The number of methoxy groups -OCH3 is 1. The van der Waals surface area contributed by atoms with Gasteiger partial charge in [-0.25, -0.2) is 4.79 Å². The Labute approximate surface area is 172 Å². The Kier molecular flexibility index (Phi) is 7.98. The van der Waals surface area contributed by atoms with Gasteiger partial charge in [-0.2, -0.15) is 0 Å². The molecule has 0 aliphatic rings. The summed E-state index contributed by atoms with van der Waals surface area (Å²) < 4.78 is 10.7. The highest BCUT2D eigenvalue weighted by atomic mass is 35.5. The van der Waals surface area contributed by atoms with Crippen LogP contribution in [0.4, 0.5) is 0 Å². The molecule has 0 saturated heterocycles. The summed E-state index contributed by atoms with van der Waals surface area (Å²) in [7, 11) is 2.62. The highest BCUT2D eigenvalue weighted by Gasteiger charge is 2.19. The molecule has 27 heavy (non-hydrogen) atoms. The molecule has 0 saturated carbocycles. The first-order chi connectivity index (χ1) is 13.0. The van der Waals surface area contributed by atoms with Gasteiger partial charge in [0, 0.05) is 5.56 Å². The maximum absolute atomic E-state index is 12.0. The zero-order chi connectivity index (χ0) is 19.8. The summed E-state index contributed by atoms with van der Waals surface area (Å²) in [6.45, 7) is 0.136. The van der Waals surface area contributed by atoms with E-state index in [0.29, 0.717) is 27.5 Å². The second-order valence-corrected chi connectivity index (χ2v) is 6.54. The van der Waals surface area contributed by atoms with E-state index in [-0.39, 0.29) is 16.8 Å². The lowest BCUT2D eigenvalue weighted by Gasteiger charge is -2.13. The van der Waals surface area contributed by atoms with Crippen molar-refractivity contribution < 1.29 is 19.1 Å². The van der Waals surface area contributed by atoms with Crippen LogP contribution < -0.4 is 4.74 Å². The van der Waals surface area contributed by atoms with Gasteiger partial charge in [0.25, 0.3) is 0 Å². The van der Waals surface area contributed by atoms with Crippen LogP contribution in [-0.2, 0) is 21.0 Å². The molecule has 0 unspecified atom stereocenters. The first-order valence-corrected chi connectivity index (χ1v) is 8.83. The molecule has 0 aliphatic heterocycles. The lowest BCUT2D eigenvalue weighted by atomic mass is 10.0. The van der Waals surface area contributed by atoms with Crippen LogP contribution in [0.15, 0.2) is 52.1 Å². The van der Waals surface area contributed by atoms with E-state index in [4.69, 9.17) is 49.1 Å².